The Kier molecular flexibility index (Phi) is 8.00. The number of nitrogens with zero attached hydrogens (tertiary/aromatic N) is 2. The summed E-state index contributed by atoms with van der Waals surface area (Å²) < 4.78 is 5.51. The third-order valence-corrected chi connectivity index (χ3v) is 11.6. The number of aromatic hydroxyl groups is 1. The fourth-order valence-electron chi connectivity index (χ4n) is 9.07. The molecule has 1 saturated carbocycles. The van der Waals surface area contributed by atoms with Gasteiger partial charge >= 0.3 is 5.97 Å². The normalized spacial score (nSPS) is 26.5. The van der Waals surface area contributed by atoms with Gasteiger partial charge in [-0.25, -0.2) is 9.69 Å². The Labute approximate surface area is 307 Å². The number of hydrogen-bond donors (Lipinski definition) is 2. The fourth-order valence-corrected chi connectivity index (χ4v) is 9.47. The van der Waals surface area contributed by atoms with Crippen LogP contribution in [-0.4, -0.2) is 46.9 Å². The fraction of sp³-hybridized carbons (Fsp3) is 0.225. The summed E-state index contributed by atoms with van der Waals surface area (Å²) in [5, 5.41) is 20.7. The highest BCUT2D eigenvalue weighted by molar-refractivity contribution is 6.33. The third kappa shape index (κ3) is 4.74. The zero-order valence-corrected chi connectivity index (χ0v) is 29.0. The van der Waals surface area contributed by atoms with E-state index in [4.69, 9.17) is 27.9 Å². The molecule has 0 bridgehead atoms. The molecule has 2 heterocycles. The number of halogens is 2. The van der Waals surface area contributed by atoms with E-state index in [1.807, 2.05) is 12.1 Å². The first-order chi connectivity index (χ1) is 25.0. The minimum Gasteiger partial charge on any atom is -0.503 e. The molecule has 52 heavy (non-hydrogen) atoms. The number of allylic oxidation sites excluding steroid dienone is 2. The lowest BCUT2D eigenvalue weighted by atomic mass is 9.49. The van der Waals surface area contributed by atoms with Gasteiger partial charge in [0, 0.05) is 10.9 Å². The molecule has 12 heteroatoms. The Balaban J connectivity index is 1.36. The first-order valence-electron chi connectivity index (χ1n) is 16.7. The van der Waals surface area contributed by atoms with Crippen molar-refractivity contribution in [2.75, 3.05) is 16.9 Å². The van der Waals surface area contributed by atoms with Crippen LogP contribution in [0.5, 0.6) is 11.5 Å². The van der Waals surface area contributed by atoms with Crippen molar-refractivity contribution in [2.24, 2.45) is 23.7 Å². The van der Waals surface area contributed by atoms with Crippen LogP contribution in [0, 0.1) is 23.7 Å². The minimum atomic E-state index is -1.55. The second-order valence-corrected chi connectivity index (χ2v) is 14.4. The molecular formula is C40H30Cl2N2O8. The van der Waals surface area contributed by atoms with Gasteiger partial charge in [0.15, 0.2) is 11.5 Å². The number of ether oxygens (including phenoxy) is 1. The monoisotopic (exact) mass is 736 g/mol. The Morgan fingerprint density at radius 1 is 0.827 bits per heavy atom. The SMILES string of the molecule is COc1cc(C2C3=CCC4C(=O)N(c5cccc(C(=O)O)c5)C(=O)C4C3CC3C(=O)N(c4cccc(Cl)c4)C(=O)C32c2ccccc2)cc(Cl)c1O. The van der Waals surface area contributed by atoms with E-state index in [-0.39, 0.29) is 40.6 Å². The molecule has 4 aromatic rings. The average molecular weight is 738 g/mol. The van der Waals surface area contributed by atoms with E-state index in [0.29, 0.717) is 27.4 Å². The number of phenolic OH excluding ortho intramolecular Hbond substituents is 1. The van der Waals surface area contributed by atoms with Crippen molar-refractivity contribution in [3.8, 4) is 11.5 Å². The average Bonchev–Trinajstić information content (AvgIpc) is 3.53. The molecule has 2 aliphatic carbocycles. The number of fused-ring (bicyclic) bond motifs is 4. The summed E-state index contributed by atoms with van der Waals surface area (Å²) in [4.78, 5) is 72.8. The molecule has 2 N–H and O–H groups in total. The lowest BCUT2D eigenvalue weighted by Crippen LogP contribution is -2.53. The Morgan fingerprint density at radius 2 is 1.54 bits per heavy atom. The van der Waals surface area contributed by atoms with Gasteiger partial charge < -0.3 is 14.9 Å². The van der Waals surface area contributed by atoms with E-state index in [1.54, 1.807) is 60.7 Å². The van der Waals surface area contributed by atoms with Crippen molar-refractivity contribution in [3.63, 3.8) is 0 Å². The molecule has 4 aromatic carbocycles. The predicted octanol–water partition coefficient (Wildman–Crippen LogP) is 6.77. The van der Waals surface area contributed by atoms with Crippen LogP contribution in [0.3, 0.4) is 0 Å². The Hall–Kier alpha value is -5.45. The van der Waals surface area contributed by atoms with Gasteiger partial charge in [-0.05, 0) is 78.4 Å². The van der Waals surface area contributed by atoms with Crippen molar-refractivity contribution < 1.29 is 38.9 Å². The molecule has 262 valence electrons. The summed E-state index contributed by atoms with van der Waals surface area (Å²) in [6.07, 6.45) is 2.11. The second kappa shape index (κ2) is 12.4. The highest BCUT2D eigenvalue weighted by atomic mass is 35.5. The Bertz CT molecular complexity index is 2260. The van der Waals surface area contributed by atoms with Crippen molar-refractivity contribution in [3.05, 3.63) is 129 Å². The number of phenols is 1. The van der Waals surface area contributed by atoms with Gasteiger partial charge in [-0.1, -0.05) is 77.3 Å². The van der Waals surface area contributed by atoms with Crippen LogP contribution in [0.2, 0.25) is 10.0 Å². The first kappa shape index (κ1) is 33.7. The number of methoxy groups -OCH3 is 1. The molecule has 0 radical (unpaired) electrons. The topological polar surface area (TPSA) is 142 Å². The molecule has 10 nitrogen and oxygen atoms in total. The summed E-state index contributed by atoms with van der Waals surface area (Å²) in [5.74, 6) is -7.69. The number of rotatable bonds is 6. The number of carbonyl (C=O) groups excluding carboxylic acids is 4. The molecule has 2 aliphatic heterocycles. The third-order valence-electron chi connectivity index (χ3n) is 11.1. The molecule has 2 saturated heterocycles. The molecule has 6 atom stereocenters. The molecule has 0 aromatic heterocycles. The largest absolute Gasteiger partial charge is 0.503 e. The molecule has 3 fully saturated rings. The molecule has 8 rings (SSSR count). The first-order valence-corrected chi connectivity index (χ1v) is 17.4. The lowest BCUT2D eigenvalue weighted by Gasteiger charge is -2.50. The number of anilines is 2. The summed E-state index contributed by atoms with van der Waals surface area (Å²) in [7, 11) is 1.38. The standard InChI is InChI=1S/C40H30Cl2N2O8/c1-52-31-17-21(16-30(42)34(31)45)33-26-13-14-27-32(37(48)43(35(27)46)24-11-5-7-20(15-24)38(49)50)28(26)19-29-36(47)44(25-12-6-10-23(41)18-25)39(51)40(29,33)22-8-3-2-4-9-22/h2-13,15-18,27-29,32-33,45H,14,19H2,1H3,(H,49,50). The van der Waals surface area contributed by atoms with E-state index in [9.17, 15) is 29.4 Å². The number of benzene rings is 4. The van der Waals surface area contributed by atoms with E-state index in [1.165, 1.54) is 31.4 Å². The zero-order chi connectivity index (χ0) is 36.6. The second-order valence-electron chi connectivity index (χ2n) is 13.5. The van der Waals surface area contributed by atoms with Crippen molar-refractivity contribution in [2.45, 2.75) is 24.2 Å². The molecule has 4 aliphatic rings. The quantitative estimate of drug-likeness (QED) is 0.163. The maximum absolute atomic E-state index is 15.4. The van der Waals surface area contributed by atoms with Crippen LogP contribution in [0.4, 0.5) is 11.4 Å². The van der Waals surface area contributed by atoms with E-state index in [0.717, 1.165) is 9.80 Å². The molecule has 6 unspecified atom stereocenters. The van der Waals surface area contributed by atoms with Gasteiger partial charge in [0.1, 0.15) is 0 Å². The molecular weight excluding hydrogens is 707 g/mol. The predicted molar refractivity (Wildman–Crippen MR) is 192 cm³/mol. The maximum Gasteiger partial charge on any atom is 0.335 e. The van der Waals surface area contributed by atoms with Gasteiger partial charge in [-0.2, -0.15) is 0 Å². The van der Waals surface area contributed by atoms with Gasteiger partial charge in [0.05, 0.1) is 52.2 Å². The smallest absolute Gasteiger partial charge is 0.335 e. The van der Waals surface area contributed by atoms with Crippen LogP contribution in [0.15, 0.2) is 103 Å². The van der Waals surface area contributed by atoms with Gasteiger partial charge in [0.2, 0.25) is 23.6 Å². The summed E-state index contributed by atoms with van der Waals surface area (Å²) in [6.45, 7) is 0. The number of hydrogen-bond acceptors (Lipinski definition) is 7. The van der Waals surface area contributed by atoms with Crippen LogP contribution < -0.4 is 14.5 Å². The van der Waals surface area contributed by atoms with Crippen LogP contribution in [0.1, 0.15) is 40.2 Å². The summed E-state index contributed by atoms with van der Waals surface area (Å²) in [6, 6.07) is 24.3. The van der Waals surface area contributed by atoms with E-state index in [2.05, 4.69) is 0 Å². The van der Waals surface area contributed by atoms with Crippen molar-refractivity contribution in [1.82, 2.24) is 0 Å². The van der Waals surface area contributed by atoms with Gasteiger partial charge in [-0.15, -0.1) is 0 Å². The molecule has 4 amide bonds. The minimum absolute atomic E-state index is 0.0365. The van der Waals surface area contributed by atoms with Gasteiger partial charge in [-0.3, -0.25) is 24.1 Å². The van der Waals surface area contributed by atoms with Crippen molar-refractivity contribution in [1.29, 1.82) is 0 Å². The van der Waals surface area contributed by atoms with Crippen LogP contribution >= 0.6 is 23.2 Å². The Morgan fingerprint density at radius 3 is 2.23 bits per heavy atom. The summed E-state index contributed by atoms with van der Waals surface area (Å²) in [5.41, 5.74) is 0.526. The number of carboxylic acid groups (broad SMARTS) is 1. The highest BCUT2D eigenvalue weighted by Crippen LogP contribution is 2.65. The van der Waals surface area contributed by atoms with E-state index < -0.39 is 64.6 Å². The number of aromatic carboxylic acids is 1. The van der Waals surface area contributed by atoms with Crippen LogP contribution in [-0.2, 0) is 24.6 Å². The van der Waals surface area contributed by atoms with Gasteiger partial charge in [0.25, 0.3) is 0 Å². The van der Waals surface area contributed by atoms with Crippen molar-refractivity contribution >= 4 is 64.2 Å². The number of carbonyl (C=O) groups is 5. The summed E-state index contributed by atoms with van der Waals surface area (Å²) >= 11 is 13.0. The highest BCUT2D eigenvalue weighted by Gasteiger charge is 2.70. The van der Waals surface area contributed by atoms with E-state index >= 15 is 4.79 Å². The number of amides is 4. The maximum atomic E-state index is 15.4. The zero-order valence-electron chi connectivity index (χ0n) is 27.5. The number of imide groups is 2. The lowest BCUT2D eigenvalue weighted by molar-refractivity contribution is -0.127. The number of carboxylic acids is 1. The van der Waals surface area contributed by atoms with Crippen LogP contribution in [0.25, 0.3) is 0 Å². The molecule has 0 spiro atoms.